The molecule has 0 fully saturated rings. The molecule has 0 bridgehead atoms. The molecule has 0 N–H and O–H groups in total. The average Bonchev–Trinajstić information content (AvgIpc) is 3.02. The Kier molecular flexibility index (Phi) is 5.52. The van der Waals surface area contributed by atoms with Crippen molar-refractivity contribution in [2.75, 3.05) is 14.2 Å². The number of benzene rings is 2. The van der Waals surface area contributed by atoms with Crippen LogP contribution >= 0.6 is 22.9 Å². The van der Waals surface area contributed by atoms with Gasteiger partial charge in [0.05, 0.1) is 18.8 Å². The van der Waals surface area contributed by atoms with Crippen LogP contribution in [0.4, 0.5) is 0 Å². The van der Waals surface area contributed by atoms with E-state index in [2.05, 4.69) is 10.1 Å². The van der Waals surface area contributed by atoms with Crippen molar-refractivity contribution >= 4 is 34.0 Å². The van der Waals surface area contributed by atoms with Crippen molar-refractivity contribution in [2.24, 2.45) is 0 Å². The topological polar surface area (TPSA) is 82.8 Å². The number of hydrogen-bond acceptors (Lipinski definition) is 7. The third-order valence-electron chi connectivity index (χ3n) is 4.42. The molecule has 0 saturated heterocycles. The molecule has 4 aromatic rings. The molecule has 4 rings (SSSR count). The smallest absolute Gasteiger partial charge is 0.296 e. The van der Waals surface area contributed by atoms with Crippen LogP contribution in [0.15, 0.2) is 52.1 Å². The van der Waals surface area contributed by atoms with Crippen LogP contribution in [0, 0.1) is 0 Å². The van der Waals surface area contributed by atoms with E-state index >= 15 is 0 Å². The van der Waals surface area contributed by atoms with Gasteiger partial charge in [-0.2, -0.15) is 14.6 Å². The molecule has 152 valence electrons. The first-order valence-corrected chi connectivity index (χ1v) is 10.1. The predicted molar refractivity (Wildman–Crippen MR) is 116 cm³/mol. The summed E-state index contributed by atoms with van der Waals surface area (Å²) in [6, 6.07) is 12.5. The van der Waals surface area contributed by atoms with Gasteiger partial charge in [-0.05, 0) is 41.5 Å². The Morgan fingerprint density at radius 2 is 1.90 bits per heavy atom. The summed E-state index contributed by atoms with van der Waals surface area (Å²) in [7, 11) is 3.09. The number of methoxy groups -OCH3 is 2. The largest absolute Gasteiger partial charge is 0.493 e. The first-order valence-electron chi connectivity index (χ1n) is 8.89. The van der Waals surface area contributed by atoms with Crippen molar-refractivity contribution in [2.45, 2.75) is 6.42 Å². The van der Waals surface area contributed by atoms with E-state index in [0.717, 1.165) is 22.5 Å². The number of halogens is 1. The van der Waals surface area contributed by atoms with E-state index in [1.54, 1.807) is 49.6 Å². The van der Waals surface area contributed by atoms with Gasteiger partial charge in [0, 0.05) is 11.4 Å². The molecule has 2 aromatic carbocycles. The van der Waals surface area contributed by atoms with Crippen LogP contribution < -0.4 is 25.1 Å². The van der Waals surface area contributed by atoms with Crippen molar-refractivity contribution in [3.63, 3.8) is 0 Å². The van der Waals surface area contributed by atoms with Crippen LogP contribution in [0.1, 0.15) is 16.8 Å². The summed E-state index contributed by atoms with van der Waals surface area (Å²) in [5, 5.41) is 4.84. The lowest BCUT2D eigenvalue weighted by molar-refractivity contribution is 0.354. The number of rotatable bonds is 5. The highest BCUT2D eigenvalue weighted by atomic mass is 35.5. The number of nitrogens with zero attached hydrogens (tertiary/aromatic N) is 3. The van der Waals surface area contributed by atoms with E-state index in [1.807, 2.05) is 6.07 Å². The molecule has 0 radical (unpaired) electrons. The molecular formula is C21H16ClN3O4S. The van der Waals surface area contributed by atoms with Crippen LogP contribution in [0.3, 0.4) is 0 Å². The molecule has 0 amide bonds. The molecule has 0 spiro atoms. The zero-order valence-electron chi connectivity index (χ0n) is 16.1. The lowest BCUT2D eigenvalue weighted by atomic mass is 10.1. The standard InChI is InChI=1S/C21H16ClN3O4S/c1-28-16-7-6-13(10-17(16)29-2)9-15-19(26)23-21-25(24-15)20(27)18(30-21)11-12-4-3-5-14(22)8-12/h3-8,10-11H,9H2,1-2H3/b18-11-. The molecule has 0 atom stereocenters. The molecular weight excluding hydrogens is 426 g/mol. The van der Waals surface area contributed by atoms with Crippen molar-refractivity contribution in [3.8, 4) is 11.5 Å². The maximum atomic E-state index is 12.8. The Bertz CT molecular complexity index is 1410. The number of aromatic nitrogens is 3. The van der Waals surface area contributed by atoms with Crippen LogP contribution in [-0.4, -0.2) is 28.8 Å². The molecule has 0 unspecified atom stereocenters. The fourth-order valence-corrected chi connectivity index (χ4v) is 4.09. The van der Waals surface area contributed by atoms with Gasteiger partial charge in [-0.1, -0.05) is 41.1 Å². The fourth-order valence-electron chi connectivity index (χ4n) is 2.98. The maximum Gasteiger partial charge on any atom is 0.296 e. The molecule has 7 nitrogen and oxygen atoms in total. The monoisotopic (exact) mass is 441 g/mol. The Morgan fingerprint density at radius 1 is 1.10 bits per heavy atom. The summed E-state index contributed by atoms with van der Waals surface area (Å²) in [4.78, 5) is 29.6. The van der Waals surface area contributed by atoms with Crippen LogP contribution in [0.5, 0.6) is 11.5 Å². The first kappa shape index (κ1) is 20.1. The van der Waals surface area contributed by atoms with Crippen LogP contribution in [-0.2, 0) is 6.42 Å². The molecule has 30 heavy (non-hydrogen) atoms. The normalized spacial score (nSPS) is 11.8. The van der Waals surface area contributed by atoms with E-state index < -0.39 is 5.56 Å². The summed E-state index contributed by atoms with van der Waals surface area (Å²) in [6.45, 7) is 0. The maximum absolute atomic E-state index is 12.8. The Hall–Kier alpha value is -3.23. The van der Waals surface area contributed by atoms with Gasteiger partial charge in [0.1, 0.15) is 5.69 Å². The lowest BCUT2D eigenvalue weighted by Gasteiger charge is -2.09. The highest BCUT2D eigenvalue weighted by Gasteiger charge is 2.13. The molecule has 2 aromatic heterocycles. The number of fused-ring (bicyclic) bond motifs is 1. The molecule has 9 heteroatoms. The van der Waals surface area contributed by atoms with Crippen LogP contribution in [0.2, 0.25) is 5.02 Å². The molecule has 0 saturated carbocycles. The van der Waals surface area contributed by atoms with E-state index in [0.29, 0.717) is 21.1 Å². The summed E-state index contributed by atoms with van der Waals surface area (Å²) < 4.78 is 12.1. The van der Waals surface area contributed by atoms with Gasteiger partial charge in [-0.25, -0.2) is 0 Å². The SMILES string of the molecule is COc1ccc(Cc2nn3c(=O)/c(=C/c4cccc(Cl)c4)sc3nc2=O)cc1OC. The summed E-state index contributed by atoms with van der Waals surface area (Å²) in [5.41, 5.74) is 0.923. The van der Waals surface area contributed by atoms with Crippen molar-refractivity contribution in [1.29, 1.82) is 0 Å². The predicted octanol–water partition coefficient (Wildman–Crippen LogP) is 2.32. The van der Waals surface area contributed by atoms with Crippen molar-refractivity contribution in [3.05, 3.63) is 89.5 Å². The number of ether oxygens (including phenoxy) is 2. The van der Waals surface area contributed by atoms with Gasteiger partial charge in [-0.15, -0.1) is 0 Å². The zero-order chi connectivity index (χ0) is 21.3. The molecule has 0 aliphatic rings. The number of hydrogen-bond donors (Lipinski definition) is 0. The number of thiazole rings is 1. The first-order chi connectivity index (χ1) is 14.5. The minimum Gasteiger partial charge on any atom is -0.493 e. The van der Waals surface area contributed by atoms with Gasteiger partial charge in [0.15, 0.2) is 11.5 Å². The highest BCUT2D eigenvalue weighted by Crippen LogP contribution is 2.28. The minimum atomic E-state index is -0.472. The summed E-state index contributed by atoms with van der Waals surface area (Å²) >= 11 is 7.11. The zero-order valence-corrected chi connectivity index (χ0v) is 17.7. The quantitative estimate of drug-likeness (QED) is 0.472. The Balaban J connectivity index is 1.76. The van der Waals surface area contributed by atoms with Crippen LogP contribution in [0.25, 0.3) is 11.0 Å². The second-order valence-electron chi connectivity index (χ2n) is 6.39. The third-order valence-corrected chi connectivity index (χ3v) is 5.61. The van der Waals surface area contributed by atoms with Gasteiger partial charge in [0.25, 0.3) is 11.1 Å². The third kappa shape index (κ3) is 3.92. The molecule has 0 aliphatic heterocycles. The average molecular weight is 442 g/mol. The van der Waals surface area contributed by atoms with E-state index in [1.165, 1.54) is 11.6 Å². The molecule has 0 aliphatic carbocycles. The van der Waals surface area contributed by atoms with Gasteiger partial charge in [0.2, 0.25) is 4.96 Å². The van der Waals surface area contributed by atoms with E-state index in [4.69, 9.17) is 21.1 Å². The van der Waals surface area contributed by atoms with Gasteiger partial charge < -0.3 is 9.47 Å². The van der Waals surface area contributed by atoms with Gasteiger partial charge >= 0.3 is 0 Å². The Labute approximate surface area is 179 Å². The summed E-state index contributed by atoms with van der Waals surface area (Å²) in [5.74, 6) is 1.13. The Morgan fingerprint density at radius 3 is 2.63 bits per heavy atom. The highest BCUT2D eigenvalue weighted by molar-refractivity contribution is 7.15. The van der Waals surface area contributed by atoms with Gasteiger partial charge in [-0.3, -0.25) is 9.59 Å². The van der Waals surface area contributed by atoms with Crippen molar-refractivity contribution < 1.29 is 9.47 Å². The fraction of sp³-hybridized carbons (Fsp3) is 0.143. The lowest BCUT2D eigenvalue weighted by Crippen LogP contribution is -2.28. The second-order valence-corrected chi connectivity index (χ2v) is 7.84. The van der Waals surface area contributed by atoms with E-state index in [9.17, 15) is 9.59 Å². The van der Waals surface area contributed by atoms with Crippen molar-refractivity contribution in [1.82, 2.24) is 14.6 Å². The van der Waals surface area contributed by atoms with E-state index in [-0.39, 0.29) is 22.6 Å². The minimum absolute atomic E-state index is 0.170. The molecule has 2 heterocycles. The second kappa shape index (κ2) is 8.25. The summed E-state index contributed by atoms with van der Waals surface area (Å²) in [6.07, 6.45) is 1.91.